The maximum Gasteiger partial charge on any atom is 0.309 e. The van der Waals surface area contributed by atoms with E-state index >= 15 is 0 Å². The first-order chi connectivity index (χ1) is 47.7. The summed E-state index contributed by atoms with van der Waals surface area (Å²) in [5.41, 5.74) is 0. The summed E-state index contributed by atoms with van der Waals surface area (Å²) < 4.78 is 5.61. The lowest BCUT2D eigenvalue weighted by Crippen LogP contribution is -2.50. The molecule has 0 heterocycles. The van der Waals surface area contributed by atoms with Gasteiger partial charge in [-0.2, -0.15) is 0 Å². The van der Waals surface area contributed by atoms with Gasteiger partial charge in [0, 0.05) is 23.7 Å². The molecular formula is C93H114O4. The van der Waals surface area contributed by atoms with Crippen molar-refractivity contribution in [3.05, 3.63) is 146 Å². The topological polar surface area (TPSA) is 60.4 Å². The number of fused-ring (bicyclic) bond motifs is 50. The Morgan fingerprint density at radius 3 is 0.887 bits per heavy atom. The Hall–Kier alpha value is -4.31. The van der Waals surface area contributed by atoms with Crippen LogP contribution in [0.25, 0.3) is 0 Å². The second kappa shape index (κ2) is 23.4. The average molecular weight is 1300 g/mol. The predicted octanol–water partition coefficient (Wildman–Crippen LogP) is 19.5. The number of carbonyl (C=O) groups is 3. The molecule has 0 amide bonds. The Morgan fingerprint density at radius 2 is 0.546 bits per heavy atom. The summed E-state index contributed by atoms with van der Waals surface area (Å²) in [6.45, 7) is 0.655. The van der Waals surface area contributed by atoms with E-state index in [-0.39, 0.29) is 35.6 Å². The first-order valence-electron chi connectivity index (χ1n) is 42.2. The number of allylic oxidation sites excluding steroid dienone is 24. The summed E-state index contributed by atoms with van der Waals surface area (Å²) in [6.07, 6.45) is 90.7. The third-order valence-corrected chi connectivity index (χ3v) is 35.5. The van der Waals surface area contributed by atoms with Gasteiger partial charge in [0.2, 0.25) is 0 Å². The van der Waals surface area contributed by atoms with Gasteiger partial charge in [-0.3, -0.25) is 14.4 Å². The van der Waals surface area contributed by atoms with Crippen molar-refractivity contribution in [3.8, 4) is 0 Å². The monoisotopic (exact) mass is 1290 g/mol. The summed E-state index contributed by atoms with van der Waals surface area (Å²) in [4.78, 5) is 37.7. The van der Waals surface area contributed by atoms with Gasteiger partial charge in [-0.05, 0) is 341 Å². The van der Waals surface area contributed by atoms with Gasteiger partial charge in [0.05, 0.1) is 12.5 Å². The molecule has 27 aliphatic rings. The van der Waals surface area contributed by atoms with Crippen molar-refractivity contribution in [2.45, 2.75) is 148 Å². The molecule has 510 valence electrons. The van der Waals surface area contributed by atoms with Crippen LogP contribution >= 0.6 is 0 Å². The maximum absolute atomic E-state index is 12.8. The maximum atomic E-state index is 12.8. The Morgan fingerprint density at radius 1 is 0.258 bits per heavy atom. The van der Waals surface area contributed by atoms with Gasteiger partial charge >= 0.3 is 5.97 Å². The van der Waals surface area contributed by atoms with Crippen LogP contribution in [-0.2, 0) is 19.1 Å². The van der Waals surface area contributed by atoms with Crippen LogP contribution in [0.2, 0.25) is 0 Å². The van der Waals surface area contributed by atoms with Crippen LogP contribution in [0.4, 0.5) is 0 Å². The minimum atomic E-state index is 0.0431. The third-order valence-electron chi connectivity index (χ3n) is 35.5. The van der Waals surface area contributed by atoms with E-state index in [1.54, 1.807) is 6.42 Å². The zero-order chi connectivity index (χ0) is 63.6. The van der Waals surface area contributed by atoms with E-state index in [9.17, 15) is 14.4 Å². The lowest BCUT2D eigenvalue weighted by molar-refractivity contribution is -0.151. The second-order valence-electron chi connectivity index (χ2n) is 39.3. The van der Waals surface area contributed by atoms with Crippen molar-refractivity contribution >= 4 is 17.5 Å². The normalized spacial score (nSPS) is 56.9. The minimum Gasteiger partial charge on any atom is -0.465 e. The predicted molar refractivity (Wildman–Crippen MR) is 383 cm³/mol. The molecule has 0 aliphatic heterocycles. The van der Waals surface area contributed by atoms with Crippen molar-refractivity contribution in [1.82, 2.24) is 0 Å². The molecule has 15 fully saturated rings. The fraction of sp³-hybridized carbons (Fsp3) is 0.710. The van der Waals surface area contributed by atoms with Gasteiger partial charge in [-0.15, -0.1) is 0 Å². The molecule has 97 heavy (non-hydrogen) atoms. The lowest BCUT2D eigenvalue weighted by atomic mass is 9.50. The van der Waals surface area contributed by atoms with Crippen LogP contribution in [0.3, 0.4) is 0 Å². The first-order valence-corrected chi connectivity index (χ1v) is 42.2. The fourth-order valence-corrected chi connectivity index (χ4v) is 32.0. The van der Waals surface area contributed by atoms with Crippen LogP contribution in [-0.4, -0.2) is 24.1 Å². The number of esters is 1. The molecule has 15 saturated carbocycles. The van der Waals surface area contributed by atoms with E-state index in [4.69, 9.17) is 4.74 Å². The third kappa shape index (κ3) is 9.57. The molecule has 0 spiro atoms. The lowest BCUT2D eigenvalue weighted by Gasteiger charge is -2.54. The van der Waals surface area contributed by atoms with Crippen LogP contribution < -0.4 is 0 Å². The molecule has 0 aromatic carbocycles. The van der Waals surface area contributed by atoms with Gasteiger partial charge in [-0.25, -0.2) is 0 Å². The molecule has 0 aromatic rings. The van der Waals surface area contributed by atoms with Gasteiger partial charge < -0.3 is 4.74 Å². The number of Topliss-reactive ketones (excluding diaryl/α,β-unsaturated/α-hetero) is 2. The summed E-state index contributed by atoms with van der Waals surface area (Å²) >= 11 is 0. The van der Waals surface area contributed by atoms with Gasteiger partial charge in [0.1, 0.15) is 11.6 Å². The highest BCUT2D eigenvalue weighted by Crippen LogP contribution is 2.74. The van der Waals surface area contributed by atoms with E-state index < -0.39 is 0 Å². The van der Waals surface area contributed by atoms with Gasteiger partial charge in [0.25, 0.3) is 0 Å². The zero-order valence-corrected chi connectivity index (χ0v) is 58.2. The highest BCUT2D eigenvalue weighted by atomic mass is 16.5. The molecule has 32 unspecified atom stereocenters. The van der Waals surface area contributed by atoms with Gasteiger partial charge in [-0.1, -0.05) is 172 Å². The molecular weight excluding hydrogens is 1180 g/mol. The first kappa shape index (κ1) is 60.3. The fourth-order valence-electron chi connectivity index (χ4n) is 32.0. The molecule has 27 aliphatic carbocycles. The van der Waals surface area contributed by atoms with Crippen molar-refractivity contribution in [2.75, 3.05) is 6.61 Å². The van der Waals surface area contributed by atoms with Crippen molar-refractivity contribution in [3.63, 3.8) is 0 Å². The second-order valence-corrected chi connectivity index (χ2v) is 39.3. The molecule has 0 radical (unpaired) electrons. The molecule has 32 atom stereocenters. The van der Waals surface area contributed by atoms with Gasteiger partial charge in [0.15, 0.2) is 0 Å². The van der Waals surface area contributed by atoms with E-state index in [1.807, 2.05) is 0 Å². The number of ether oxygens (including phenoxy) is 1. The Kier molecular flexibility index (Phi) is 14.5. The minimum absolute atomic E-state index is 0.0431. The molecule has 0 aromatic heterocycles. The quantitative estimate of drug-likeness (QED) is 0.0946. The Balaban J connectivity index is 0.0000000753. The van der Waals surface area contributed by atoms with Crippen LogP contribution in [0, 0.1) is 249 Å². The zero-order valence-electron chi connectivity index (χ0n) is 58.2. The standard InChI is InChI=1S/C20H30.C16H16O2.C16H20O2.C15H18.C14H16.C12H14/c1(3-5-17-11-15-7-9-19(17)13-15)2-4-6-18-12-16-8-10-20(18)14-16;17-15-11-7-1-2-8(5-7)12(11)16(18)14-10-4-3-9(6-10)13(14)15;17-16(15-8-11-2-4-13(15)6-11)18-9-14-7-10-1-3-12(14)5-10;1-3-10-5-8(1)12-7-13-9-2-4-11(6-9)15(13)14(10)12;1-2-8-5-7(1)11-12(8)14-10-4-3-9(6-10)13(11)14;1-2-8-5-7(1)11-9-3-4-10(6-9)12(8)11/h7-10,15-20H,1-6,11-14H2;1-4,7-14H,5-6H2;1-4,10-15H,5-9H2;1-4,8-15H,5-7H2;1-4,7-14H,5-6H2;1-4,7-12H,5-6H2. The smallest absolute Gasteiger partial charge is 0.309 e. The molecule has 0 saturated heterocycles. The highest BCUT2D eigenvalue weighted by Gasteiger charge is 2.69. The van der Waals surface area contributed by atoms with Crippen LogP contribution in [0.15, 0.2) is 146 Å². The summed E-state index contributed by atoms with van der Waals surface area (Å²) in [5, 5.41) is 0. The van der Waals surface area contributed by atoms with Crippen LogP contribution in [0.1, 0.15) is 148 Å². The summed E-state index contributed by atoms with van der Waals surface area (Å²) in [7, 11) is 0. The summed E-state index contributed by atoms with van der Waals surface area (Å²) in [6, 6.07) is 0. The average Bonchev–Trinajstić information content (AvgIpc) is 1.53. The summed E-state index contributed by atoms with van der Waals surface area (Å²) in [5.74, 6) is 34.8. The molecule has 24 bridgehead atoms. The SMILES string of the molecule is C1=CC2CC1C1C2C2C3C=CC(C3)C12.C1=CC2CC1C1C3C=CC(C3)C21.C1=CC2CC1C1CC3C4C=CC(C4)C3C21.C1=CC2CC1CC2CCCCCCC1CC2C=CC1C2.O=C(OCC1CC2C=CC1C2)C1CC2C=CC1C2.O=C1C2C3C=CC(C3)C2C(=O)C2C3C=CC(C3)C12. The molecule has 27 rings (SSSR count). The van der Waals surface area contributed by atoms with E-state index in [0.29, 0.717) is 65.5 Å². The number of hydrogen-bond acceptors (Lipinski definition) is 4. The van der Waals surface area contributed by atoms with Crippen molar-refractivity contribution in [1.29, 1.82) is 0 Å². The Labute approximate surface area is 582 Å². The van der Waals surface area contributed by atoms with E-state index in [0.717, 1.165) is 191 Å². The number of unbranched alkanes of at least 4 members (excludes halogenated alkanes) is 3. The number of rotatable bonds is 10. The highest BCUT2D eigenvalue weighted by molar-refractivity contribution is 6.02. The molecule has 0 N–H and O–H groups in total. The van der Waals surface area contributed by atoms with E-state index in [2.05, 4.69) is 146 Å². The van der Waals surface area contributed by atoms with E-state index in [1.165, 1.54) is 122 Å². The van der Waals surface area contributed by atoms with Crippen molar-refractivity contribution in [2.24, 2.45) is 249 Å². The molecule has 4 nitrogen and oxygen atoms in total. The van der Waals surface area contributed by atoms with Crippen molar-refractivity contribution < 1.29 is 19.1 Å². The number of ketones is 2. The largest absolute Gasteiger partial charge is 0.465 e. The molecule has 4 heteroatoms. The Bertz CT molecular complexity index is 3260. The number of hydrogen-bond donors (Lipinski definition) is 0. The van der Waals surface area contributed by atoms with Crippen LogP contribution in [0.5, 0.6) is 0 Å². The number of carbonyl (C=O) groups excluding carboxylic acids is 3.